The molecule has 0 fully saturated rings. The van der Waals surface area contributed by atoms with E-state index in [1.165, 1.54) is 6.07 Å². The van der Waals surface area contributed by atoms with E-state index in [1.807, 2.05) is 30.3 Å². The molecular formula is C24H25ClN4O5. The van der Waals surface area contributed by atoms with Crippen molar-refractivity contribution in [2.75, 3.05) is 6.54 Å². The second kappa shape index (κ2) is 9.34. The van der Waals surface area contributed by atoms with Gasteiger partial charge in [-0.3, -0.25) is 10.1 Å². The topological polar surface area (TPSA) is 119 Å². The van der Waals surface area contributed by atoms with Gasteiger partial charge in [0.1, 0.15) is 22.9 Å². The van der Waals surface area contributed by atoms with Crippen LogP contribution >= 0.6 is 11.6 Å². The van der Waals surface area contributed by atoms with Crippen LogP contribution in [0.3, 0.4) is 0 Å². The third kappa shape index (κ3) is 5.48. The van der Waals surface area contributed by atoms with Crippen molar-refractivity contribution in [2.24, 2.45) is 4.99 Å². The predicted molar refractivity (Wildman–Crippen MR) is 130 cm³/mol. The Morgan fingerprint density at radius 2 is 2.06 bits per heavy atom. The van der Waals surface area contributed by atoms with Crippen LogP contribution < -0.4 is 5.32 Å². The van der Waals surface area contributed by atoms with Gasteiger partial charge in [0.25, 0.3) is 5.69 Å². The molecule has 2 heterocycles. The van der Waals surface area contributed by atoms with Crippen molar-refractivity contribution in [1.29, 1.82) is 0 Å². The first-order chi connectivity index (χ1) is 16.1. The number of aliphatic imine (C=N–C) groups is 1. The van der Waals surface area contributed by atoms with E-state index >= 15 is 0 Å². The maximum atomic E-state index is 12.5. The molecule has 2 N–H and O–H groups in total. The van der Waals surface area contributed by atoms with Crippen LogP contribution in [-0.4, -0.2) is 46.2 Å². The number of ether oxygens (including phenoxy) is 2. The molecule has 0 saturated heterocycles. The average molecular weight is 485 g/mol. The first-order valence-electron chi connectivity index (χ1n) is 10.8. The number of hydrogen-bond acceptors (Lipinski definition) is 6. The van der Waals surface area contributed by atoms with E-state index in [9.17, 15) is 14.9 Å². The first-order valence-corrected chi connectivity index (χ1v) is 11.2. The highest BCUT2D eigenvalue weighted by atomic mass is 35.5. The zero-order chi connectivity index (χ0) is 24.5. The number of fused-ring (bicyclic) bond motifs is 1. The van der Waals surface area contributed by atoms with E-state index < -0.39 is 28.8 Å². The Balaban J connectivity index is 1.55. The van der Waals surface area contributed by atoms with Crippen LogP contribution in [0.4, 0.5) is 10.5 Å². The second-order valence-corrected chi connectivity index (χ2v) is 9.51. The Hall–Kier alpha value is -3.59. The van der Waals surface area contributed by atoms with E-state index in [4.69, 9.17) is 21.1 Å². The average Bonchev–Trinajstić information content (AvgIpc) is 3.39. The number of benzene rings is 2. The SMILES string of the molecule is CC(C)(C)OC(=O)NC(Cc1ccccc1)C1CN=C(c2cc3cc(Cl)cc([N+](=O)[O-])c3[nH]2)O1. The van der Waals surface area contributed by atoms with Crippen LogP contribution in [0.5, 0.6) is 0 Å². The number of nitro groups is 1. The van der Waals surface area contributed by atoms with Crippen molar-refractivity contribution in [3.63, 3.8) is 0 Å². The Labute approximate surface area is 201 Å². The number of alkyl carbamates (subject to hydrolysis) is 1. The summed E-state index contributed by atoms with van der Waals surface area (Å²) >= 11 is 6.04. The van der Waals surface area contributed by atoms with Gasteiger partial charge in [0, 0.05) is 16.5 Å². The number of aromatic nitrogens is 1. The summed E-state index contributed by atoms with van der Waals surface area (Å²) in [4.78, 5) is 31.0. The summed E-state index contributed by atoms with van der Waals surface area (Å²) in [6.45, 7) is 5.70. The van der Waals surface area contributed by atoms with Crippen molar-refractivity contribution < 1.29 is 19.2 Å². The van der Waals surface area contributed by atoms with Gasteiger partial charge < -0.3 is 19.8 Å². The number of nitrogens with zero attached hydrogens (tertiary/aromatic N) is 2. The lowest BCUT2D eigenvalue weighted by atomic mass is 10.0. The van der Waals surface area contributed by atoms with Crippen LogP contribution in [-0.2, 0) is 15.9 Å². The molecule has 1 amide bonds. The van der Waals surface area contributed by atoms with Gasteiger partial charge >= 0.3 is 6.09 Å². The third-order valence-electron chi connectivity index (χ3n) is 5.23. The zero-order valence-electron chi connectivity index (χ0n) is 19.0. The number of H-pyrrole nitrogens is 1. The second-order valence-electron chi connectivity index (χ2n) is 9.07. The molecule has 2 atom stereocenters. The van der Waals surface area contributed by atoms with E-state index in [2.05, 4.69) is 15.3 Å². The van der Waals surface area contributed by atoms with E-state index in [0.29, 0.717) is 35.5 Å². The standard InChI is InChI=1S/C24H25ClN4O5/c1-24(2,3)34-23(30)28-17(9-14-7-5-4-6-8-14)20-13-26-22(33-20)18-11-15-10-16(25)12-19(29(31)32)21(15)27-18/h4-8,10-12,17,20,27H,9,13H2,1-3H3,(H,28,30). The lowest BCUT2D eigenvalue weighted by Gasteiger charge is -2.27. The first kappa shape index (κ1) is 23.6. The number of rotatable bonds is 6. The molecule has 2 unspecified atom stereocenters. The molecule has 0 aliphatic carbocycles. The Morgan fingerprint density at radius 1 is 1.32 bits per heavy atom. The van der Waals surface area contributed by atoms with Crippen LogP contribution in [0.15, 0.2) is 53.5 Å². The van der Waals surface area contributed by atoms with Crippen molar-refractivity contribution >= 4 is 40.2 Å². The van der Waals surface area contributed by atoms with Gasteiger partial charge in [-0.15, -0.1) is 0 Å². The van der Waals surface area contributed by atoms with Crippen LogP contribution in [0.25, 0.3) is 10.9 Å². The van der Waals surface area contributed by atoms with Gasteiger partial charge in [-0.1, -0.05) is 41.9 Å². The van der Waals surface area contributed by atoms with Crippen LogP contribution in [0.2, 0.25) is 5.02 Å². The van der Waals surface area contributed by atoms with Gasteiger partial charge in [0.15, 0.2) is 0 Å². The zero-order valence-corrected chi connectivity index (χ0v) is 19.8. The molecular weight excluding hydrogens is 460 g/mol. The molecule has 34 heavy (non-hydrogen) atoms. The van der Waals surface area contributed by atoms with Gasteiger partial charge in [-0.2, -0.15) is 0 Å². The monoisotopic (exact) mass is 484 g/mol. The van der Waals surface area contributed by atoms with Gasteiger partial charge in [0.05, 0.1) is 17.5 Å². The minimum absolute atomic E-state index is 0.127. The summed E-state index contributed by atoms with van der Waals surface area (Å²) in [5.74, 6) is 0.315. The molecule has 0 radical (unpaired) electrons. The molecule has 1 aliphatic heterocycles. The highest BCUT2D eigenvalue weighted by Gasteiger charge is 2.33. The summed E-state index contributed by atoms with van der Waals surface area (Å²) in [5, 5.41) is 15.2. The smallest absolute Gasteiger partial charge is 0.408 e. The maximum absolute atomic E-state index is 12.5. The summed E-state index contributed by atoms with van der Waals surface area (Å²) in [5.41, 5.74) is 1.10. The van der Waals surface area contributed by atoms with E-state index in [-0.39, 0.29) is 10.7 Å². The quantitative estimate of drug-likeness (QED) is 0.376. The molecule has 9 nitrogen and oxygen atoms in total. The van der Waals surface area contributed by atoms with E-state index in [0.717, 1.165) is 5.56 Å². The molecule has 1 aromatic heterocycles. The lowest BCUT2D eigenvalue weighted by molar-refractivity contribution is -0.383. The normalized spacial score (nSPS) is 16.6. The predicted octanol–water partition coefficient (Wildman–Crippen LogP) is 5.01. The summed E-state index contributed by atoms with van der Waals surface area (Å²) in [6.07, 6.45) is -0.476. The highest BCUT2D eigenvalue weighted by Crippen LogP contribution is 2.31. The largest absolute Gasteiger partial charge is 0.469 e. The molecule has 4 rings (SSSR count). The van der Waals surface area contributed by atoms with Gasteiger partial charge in [0.2, 0.25) is 5.90 Å². The Kier molecular flexibility index (Phi) is 6.47. The maximum Gasteiger partial charge on any atom is 0.408 e. The van der Waals surface area contributed by atoms with Gasteiger partial charge in [-0.25, -0.2) is 9.79 Å². The third-order valence-corrected chi connectivity index (χ3v) is 5.44. The molecule has 1 aliphatic rings. The number of nitro benzene ring substituents is 1. The molecule has 2 aromatic carbocycles. The number of carbonyl (C=O) groups excluding carboxylic acids is 1. The van der Waals surface area contributed by atoms with Crippen molar-refractivity contribution in [3.8, 4) is 0 Å². The number of aromatic amines is 1. The van der Waals surface area contributed by atoms with Crippen LogP contribution in [0.1, 0.15) is 32.0 Å². The van der Waals surface area contributed by atoms with E-state index in [1.54, 1.807) is 32.9 Å². The molecule has 0 saturated carbocycles. The van der Waals surface area contributed by atoms with Gasteiger partial charge in [-0.05, 0) is 44.9 Å². The Morgan fingerprint density at radius 3 is 2.74 bits per heavy atom. The number of non-ortho nitro benzene ring substituents is 1. The fourth-order valence-electron chi connectivity index (χ4n) is 3.80. The van der Waals surface area contributed by atoms with Crippen molar-refractivity contribution in [2.45, 2.75) is 44.9 Å². The molecule has 3 aromatic rings. The lowest BCUT2D eigenvalue weighted by Crippen LogP contribution is -2.48. The number of halogens is 1. The summed E-state index contributed by atoms with van der Waals surface area (Å²) in [6, 6.07) is 14.0. The molecule has 10 heteroatoms. The summed E-state index contributed by atoms with van der Waals surface area (Å²) < 4.78 is 11.6. The highest BCUT2D eigenvalue weighted by molar-refractivity contribution is 6.31. The molecule has 178 valence electrons. The van der Waals surface area contributed by atoms with Crippen molar-refractivity contribution in [1.82, 2.24) is 10.3 Å². The number of carbonyl (C=O) groups is 1. The minimum atomic E-state index is -0.639. The fourth-order valence-corrected chi connectivity index (χ4v) is 4.02. The molecule has 0 spiro atoms. The number of hydrogen-bond donors (Lipinski definition) is 2. The number of amides is 1. The summed E-state index contributed by atoms with van der Waals surface area (Å²) in [7, 11) is 0. The number of nitrogens with one attached hydrogen (secondary N) is 2. The van der Waals surface area contributed by atoms with Crippen molar-refractivity contribution in [3.05, 3.63) is 74.9 Å². The van der Waals surface area contributed by atoms with Crippen LogP contribution in [0, 0.1) is 10.1 Å². The fraction of sp³-hybridized carbons (Fsp3) is 0.333. The molecule has 0 bridgehead atoms. The Bertz CT molecular complexity index is 1250. The minimum Gasteiger partial charge on any atom is -0.469 e.